The first-order valence-corrected chi connectivity index (χ1v) is 9.80. The van der Waals surface area contributed by atoms with E-state index >= 15 is 0 Å². The molecule has 3 aromatic rings. The van der Waals surface area contributed by atoms with E-state index in [9.17, 15) is 14.0 Å². The van der Waals surface area contributed by atoms with Gasteiger partial charge in [-0.1, -0.05) is 0 Å². The van der Waals surface area contributed by atoms with Gasteiger partial charge in [0.15, 0.2) is 17.3 Å². The van der Waals surface area contributed by atoms with Crippen molar-refractivity contribution in [1.29, 1.82) is 0 Å². The van der Waals surface area contributed by atoms with Crippen LogP contribution in [-0.2, 0) is 0 Å². The topological polar surface area (TPSA) is 80.3 Å². The number of fused-ring (bicyclic) bond motifs is 1. The molecule has 4 rings (SSSR count). The second-order valence-electron chi connectivity index (χ2n) is 6.92. The third kappa shape index (κ3) is 4.23. The fourth-order valence-corrected chi connectivity index (χ4v) is 3.36. The summed E-state index contributed by atoms with van der Waals surface area (Å²) in [7, 11) is 4.47. The molecular weight excluding hydrogens is 431 g/mol. The van der Waals surface area contributed by atoms with Crippen molar-refractivity contribution in [2.75, 3.05) is 21.3 Å². The normalized spacial score (nSPS) is 13.3. The van der Waals surface area contributed by atoms with Crippen LogP contribution >= 0.6 is 0 Å². The van der Waals surface area contributed by atoms with Gasteiger partial charge in [0.05, 0.1) is 32.5 Å². The summed E-state index contributed by atoms with van der Waals surface area (Å²) in [5.74, 6) is 0.280. The number of rotatable bonds is 6. The molecule has 0 radical (unpaired) electrons. The third-order valence-electron chi connectivity index (χ3n) is 4.95. The van der Waals surface area contributed by atoms with Crippen molar-refractivity contribution in [3.63, 3.8) is 0 Å². The van der Waals surface area contributed by atoms with Gasteiger partial charge >= 0.3 is 5.97 Å². The van der Waals surface area contributed by atoms with Crippen LogP contribution in [0.25, 0.3) is 6.08 Å². The van der Waals surface area contributed by atoms with Gasteiger partial charge in [-0.05, 0) is 54.6 Å². The van der Waals surface area contributed by atoms with Crippen LogP contribution in [0.1, 0.15) is 26.3 Å². The Labute approximate surface area is 188 Å². The van der Waals surface area contributed by atoms with Crippen LogP contribution in [0.3, 0.4) is 0 Å². The zero-order valence-corrected chi connectivity index (χ0v) is 18.0. The van der Waals surface area contributed by atoms with E-state index in [-0.39, 0.29) is 28.6 Å². The Morgan fingerprint density at radius 2 is 1.64 bits per heavy atom. The monoisotopic (exact) mass is 450 g/mol. The molecule has 0 fully saturated rings. The highest BCUT2D eigenvalue weighted by molar-refractivity contribution is 6.14. The smallest absolute Gasteiger partial charge is 0.343 e. The number of Topliss-reactive ketones (excluding diaryl/α,β-unsaturated/α-hetero) is 1. The quantitative estimate of drug-likeness (QED) is 0.306. The van der Waals surface area contributed by atoms with Crippen LogP contribution in [0.5, 0.6) is 28.7 Å². The van der Waals surface area contributed by atoms with Gasteiger partial charge in [0.2, 0.25) is 11.5 Å². The number of benzene rings is 3. The van der Waals surface area contributed by atoms with E-state index < -0.39 is 11.8 Å². The van der Waals surface area contributed by atoms with E-state index in [4.69, 9.17) is 23.7 Å². The minimum absolute atomic E-state index is 0.0672. The minimum atomic E-state index is -0.662. The lowest BCUT2D eigenvalue weighted by Gasteiger charge is -2.14. The van der Waals surface area contributed by atoms with Crippen LogP contribution < -0.4 is 23.7 Å². The summed E-state index contributed by atoms with van der Waals surface area (Å²) < 4.78 is 40.2. The Morgan fingerprint density at radius 1 is 0.909 bits per heavy atom. The largest absolute Gasteiger partial charge is 0.493 e. The van der Waals surface area contributed by atoms with Crippen LogP contribution in [-0.4, -0.2) is 33.1 Å². The summed E-state index contributed by atoms with van der Waals surface area (Å²) in [5, 5.41) is 0. The molecule has 0 bridgehead atoms. The summed E-state index contributed by atoms with van der Waals surface area (Å²) in [6.45, 7) is 0. The molecule has 0 N–H and O–H groups in total. The molecule has 1 heterocycles. The second-order valence-corrected chi connectivity index (χ2v) is 6.92. The van der Waals surface area contributed by atoms with Crippen molar-refractivity contribution in [1.82, 2.24) is 0 Å². The van der Waals surface area contributed by atoms with Crippen molar-refractivity contribution in [3.8, 4) is 28.7 Å². The molecule has 168 valence electrons. The molecule has 3 aromatic carbocycles. The molecule has 1 aliphatic heterocycles. The molecule has 0 spiro atoms. The Bertz CT molecular complexity index is 1260. The van der Waals surface area contributed by atoms with Crippen molar-refractivity contribution >= 4 is 17.8 Å². The average Bonchev–Trinajstić information content (AvgIpc) is 3.13. The van der Waals surface area contributed by atoms with E-state index in [2.05, 4.69) is 0 Å². The van der Waals surface area contributed by atoms with E-state index in [0.717, 1.165) is 0 Å². The van der Waals surface area contributed by atoms with Gasteiger partial charge in [-0.3, -0.25) is 4.79 Å². The number of allylic oxidation sites excluding steroid dienone is 1. The maximum Gasteiger partial charge on any atom is 0.343 e. The SMILES string of the molecule is COc1ccc(C=C2Oc3cc(OC(=O)c4ccc(F)cc4)ccc3C2=O)c(OC)c1OC. The Kier molecular flexibility index (Phi) is 5.99. The Balaban J connectivity index is 1.60. The highest BCUT2D eigenvalue weighted by Gasteiger charge is 2.29. The first-order valence-electron chi connectivity index (χ1n) is 9.80. The summed E-state index contributed by atoms with van der Waals surface area (Å²) in [4.78, 5) is 25.1. The number of hydrogen-bond acceptors (Lipinski definition) is 7. The molecule has 0 atom stereocenters. The van der Waals surface area contributed by atoms with Crippen molar-refractivity contribution in [3.05, 3.63) is 82.9 Å². The molecule has 0 saturated carbocycles. The predicted molar refractivity (Wildman–Crippen MR) is 117 cm³/mol. The van der Waals surface area contributed by atoms with Crippen LogP contribution in [0.15, 0.2) is 60.4 Å². The second kappa shape index (κ2) is 9.04. The molecule has 0 aromatic heterocycles. The van der Waals surface area contributed by atoms with Gasteiger partial charge in [0, 0.05) is 11.6 Å². The minimum Gasteiger partial charge on any atom is -0.493 e. The number of ether oxygens (including phenoxy) is 5. The fourth-order valence-electron chi connectivity index (χ4n) is 3.36. The van der Waals surface area contributed by atoms with Gasteiger partial charge in [-0.25, -0.2) is 9.18 Å². The summed E-state index contributed by atoms with van der Waals surface area (Å²) in [5.41, 5.74) is 1.06. The van der Waals surface area contributed by atoms with Gasteiger partial charge in [-0.15, -0.1) is 0 Å². The number of hydrogen-bond donors (Lipinski definition) is 0. The lowest BCUT2D eigenvalue weighted by atomic mass is 10.1. The molecule has 0 amide bonds. The van der Waals surface area contributed by atoms with Crippen molar-refractivity contribution < 1.29 is 37.7 Å². The number of esters is 1. The highest BCUT2D eigenvalue weighted by atomic mass is 19.1. The maximum atomic E-state index is 13.1. The molecule has 33 heavy (non-hydrogen) atoms. The third-order valence-corrected chi connectivity index (χ3v) is 4.95. The molecule has 0 aliphatic carbocycles. The number of ketones is 1. The van der Waals surface area contributed by atoms with E-state index in [1.54, 1.807) is 12.1 Å². The van der Waals surface area contributed by atoms with E-state index in [1.807, 2.05) is 0 Å². The molecule has 0 unspecified atom stereocenters. The van der Waals surface area contributed by atoms with E-state index in [1.165, 1.54) is 69.9 Å². The number of carbonyl (C=O) groups excluding carboxylic acids is 2. The van der Waals surface area contributed by atoms with Crippen molar-refractivity contribution in [2.24, 2.45) is 0 Å². The first-order chi connectivity index (χ1) is 15.9. The Hall–Kier alpha value is -4.33. The predicted octanol–water partition coefficient (Wildman–Crippen LogP) is 4.69. The van der Waals surface area contributed by atoms with Crippen LogP contribution in [0, 0.1) is 5.82 Å². The van der Waals surface area contributed by atoms with Gasteiger partial charge in [0.1, 0.15) is 17.3 Å². The number of methoxy groups -OCH3 is 3. The molecule has 8 heteroatoms. The van der Waals surface area contributed by atoms with Crippen molar-refractivity contribution in [2.45, 2.75) is 0 Å². The van der Waals surface area contributed by atoms with Gasteiger partial charge in [0.25, 0.3) is 0 Å². The number of carbonyl (C=O) groups is 2. The summed E-state index contributed by atoms with van der Waals surface area (Å²) in [6, 6.07) is 12.8. The van der Waals surface area contributed by atoms with Gasteiger partial charge in [-0.2, -0.15) is 0 Å². The first kappa shape index (κ1) is 21.9. The zero-order valence-electron chi connectivity index (χ0n) is 18.0. The standard InChI is InChI=1S/C25H19FO7/c1-29-19-11-6-15(23(30-2)24(19)31-3)12-21-22(27)18-10-9-17(13-20(18)33-21)32-25(28)14-4-7-16(26)8-5-14/h4-13H,1-3H3. The number of halogens is 1. The molecule has 7 nitrogen and oxygen atoms in total. The maximum absolute atomic E-state index is 13.1. The lowest BCUT2D eigenvalue weighted by molar-refractivity contribution is 0.0734. The van der Waals surface area contributed by atoms with E-state index in [0.29, 0.717) is 28.4 Å². The fraction of sp³-hybridized carbons (Fsp3) is 0.120. The Morgan fingerprint density at radius 3 is 2.30 bits per heavy atom. The highest BCUT2D eigenvalue weighted by Crippen LogP contribution is 2.42. The molecule has 1 aliphatic rings. The van der Waals surface area contributed by atoms with Gasteiger partial charge < -0.3 is 23.7 Å². The summed E-state index contributed by atoms with van der Waals surface area (Å²) >= 11 is 0. The van der Waals surface area contributed by atoms with Crippen LogP contribution in [0.2, 0.25) is 0 Å². The zero-order chi connectivity index (χ0) is 23.5. The molecular formula is C25H19FO7. The summed E-state index contributed by atoms with van der Waals surface area (Å²) in [6.07, 6.45) is 1.54. The molecule has 0 saturated heterocycles. The average molecular weight is 450 g/mol. The van der Waals surface area contributed by atoms with Crippen LogP contribution in [0.4, 0.5) is 4.39 Å². The lowest BCUT2D eigenvalue weighted by Crippen LogP contribution is -2.08.